The topological polar surface area (TPSA) is 88.5 Å². The Morgan fingerprint density at radius 2 is 1.98 bits per heavy atom. The SMILES string of the molecule is COC(=O)c1ccc2c(c1)N(C[C@@H]1CC[C@H]1[C@@H](O[Si](C)(C)C(C)(C)C)[C@@H](O)CO)CC1(CCCc3cc(Cl)ccc31)CO2. The molecule has 1 heterocycles. The third-order valence-electron chi connectivity index (χ3n) is 10.6. The Balaban J connectivity index is 1.50. The van der Waals surface area contributed by atoms with Crippen LogP contribution >= 0.6 is 11.6 Å². The van der Waals surface area contributed by atoms with E-state index >= 15 is 0 Å². The van der Waals surface area contributed by atoms with E-state index in [1.807, 2.05) is 18.2 Å². The van der Waals surface area contributed by atoms with E-state index < -0.39 is 20.5 Å². The molecule has 2 aliphatic carbocycles. The fraction of sp³-hybridized carbons (Fsp3) is 0.618. The molecule has 43 heavy (non-hydrogen) atoms. The number of hydrogen-bond donors (Lipinski definition) is 2. The predicted octanol–water partition coefficient (Wildman–Crippen LogP) is 6.37. The lowest BCUT2D eigenvalue weighted by atomic mass is 9.68. The highest BCUT2D eigenvalue weighted by atomic mass is 35.5. The molecule has 0 amide bonds. The van der Waals surface area contributed by atoms with Crippen molar-refractivity contribution in [2.24, 2.45) is 11.8 Å². The second-order valence-corrected chi connectivity index (χ2v) is 19.6. The number of benzene rings is 2. The van der Waals surface area contributed by atoms with Gasteiger partial charge in [0.1, 0.15) is 11.9 Å². The first-order valence-electron chi connectivity index (χ1n) is 15.6. The molecule has 9 heteroatoms. The number of rotatable bonds is 8. The van der Waals surface area contributed by atoms with Crippen LogP contribution in [0.25, 0.3) is 0 Å². The Bertz CT molecular complexity index is 1330. The maximum Gasteiger partial charge on any atom is 0.337 e. The fourth-order valence-electron chi connectivity index (χ4n) is 6.97. The standard InChI is InChI=1S/C34H48ClNO6Si/c1-33(2,3)43(5,6)42-31(29(38)19-37)26-12-9-24(26)18-36-20-34(15-7-8-22-16-25(35)11-13-27(22)34)21-41-30-14-10-23(17-28(30)36)32(39)40-4/h10-11,13-14,16-17,24,26,29,31,37-38H,7-9,12,15,18-21H2,1-6H3/t24-,26+,29-,31+,34?/m0/s1. The summed E-state index contributed by atoms with van der Waals surface area (Å²) in [6.07, 6.45) is 3.60. The van der Waals surface area contributed by atoms with Gasteiger partial charge in [0.2, 0.25) is 0 Å². The summed E-state index contributed by atoms with van der Waals surface area (Å²) in [5.74, 6) is 0.732. The van der Waals surface area contributed by atoms with Crippen molar-refractivity contribution in [1.82, 2.24) is 0 Å². The number of aliphatic hydroxyl groups excluding tert-OH is 2. The molecule has 1 unspecified atom stereocenters. The average molecular weight is 630 g/mol. The molecule has 1 fully saturated rings. The third kappa shape index (κ3) is 6.36. The van der Waals surface area contributed by atoms with E-state index in [9.17, 15) is 15.0 Å². The minimum Gasteiger partial charge on any atom is -0.490 e. The number of aliphatic hydroxyl groups is 2. The van der Waals surface area contributed by atoms with Crippen LogP contribution in [0.1, 0.15) is 67.9 Å². The Kier molecular flexibility index (Phi) is 9.28. The maximum absolute atomic E-state index is 12.6. The van der Waals surface area contributed by atoms with Crippen molar-refractivity contribution in [3.8, 4) is 5.75 Å². The molecule has 0 aromatic heterocycles. The van der Waals surface area contributed by atoms with Crippen LogP contribution in [0, 0.1) is 11.8 Å². The molecule has 2 aromatic rings. The largest absolute Gasteiger partial charge is 0.490 e. The third-order valence-corrected chi connectivity index (χ3v) is 15.3. The van der Waals surface area contributed by atoms with Crippen LogP contribution in [-0.2, 0) is 21.0 Å². The number of hydrogen-bond acceptors (Lipinski definition) is 7. The second kappa shape index (κ2) is 12.4. The molecule has 0 saturated heterocycles. The van der Waals surface area contributed by atoms with Crippen LogP contribution in [0.3, 0.4) is 0 Å². The Hall–Kier alpha value is -2.10. The van der Waals surface area contributed by atoms with Gasteiger partial charge in [-0.25, -0.2) is 4.79 Å². The molecular weight excluding hydrogens is 582 g/mol. The van der Waals surface area contributed by atoms with Crippen molar-refractivity contribution < 1.29 is 28.9 Å². The molecule has 1 aliphatic heterocycles. The molecule has 2 N–H and O–H groups in total. The number of ether oxygens (including phenoxy) is 2. The van der Waals surface area contributed by atoms with Gasteiger partial charge in [-0.3, -0.25) is 0 Å². The van der Waals surface area contributed by atoms with Crippen LogP contribution in [0.15, 0.2) is 36.4 Å². The zero-order chi connectivity index (χ0) is 31.2. The summed E-state index contributed by atoms with van der Waals surface area (Å²) in [5.41, 5.74) is 3.70. The monoisotopic (exact) mass is 629 g/mol. The van der Waals surface area contributed by atoms with E-state index in [-0.39, 0.29) is 34.9 Å². The number of anilines is 1. The van der Waals surface area contributed by atoms with Gasteiger partial charge in [0.25, 0.3) is 0 Å². The van der Waals surface area contributed by atoms with E-state index in [1.54, 1.807) is 6.07 Å². The number of methoxy groups -OCH3 is 1. The van der Waals surface area contributed by atoms with Crippen LogP contribution in [-0.4, -0.2) is 70.1 Å². The second-order valence-electron chi connectivity index (χ2n) is 14.4. The fourth-order valence-corrected chi connectivity index (χ4v) is 8.53. The molecule has 5 rings (SSSR count). The van der Waals surface area contributed by atoms with Gasteiger partial charge in [-0.1, -0.05) is 38.4 Å². The van der Waals surface area contributed by atoms with Gasteiger partial charge in [0.15, 0.2) is 8.32 Å². The molecule has 1 spiro atoms. The average Bonchev–Trinajstić information content (AvgIpc) is 3.10. The van der Waals surface area contributed by atoms with Crippen LogP contribution in [0.4, 0.5) is 5.69 Å². The first-order chi connectivity index (χ1) is 20.3. The highest BCUT2D eigenvalue weighted by Gasteiger charge is 2.48. The van der Waals surface area contributed by atoms with E-state index in [4.69, 9.17) is 25.5 Å². The molecule has 7 nitrogen and oxygen atoms in total. The van der Waals surface area contributed by atoms with Gasteiger partial charge in [-0.2, -0.15) is 0 Å². The van der Waals surface area contributed by atoms with Gasteiger partial charge < -0.3 is 29.0 Å². The molecule has 0 radical (unpaired) electrons. The van der Waals surface area contributed by atoms with Crippen LogP contribution in [0.5, 0.6) is 5.75 Å². The summed E-state index contributed by atoms with van der Waals surface area (Å²) < 4.78 is 18.5. The molecule has 5 atom stereocenters. The number of carbonyl (C=O) groups excluding carboxylic acids is 1. The Labute approximate surface area is 262 Å². The van der Waals surface area contributed by atoms with Crippen molar-refractivity contribution in [2.75, 3.05) is 38.3 Å². The van der Waals surface area contributed by atoms with Gasteiger partial charge in [-0.15, -0.1) is 0 Å². The van der Waals surface area contributed by atoms with Gasteiger partial charge in [0, 0.05) is 23.5 Å². The first-order valence-corrected chi connectivity index (χ1v) is 18.9. The van der Waals surface area contributed by atoms with Crippen molar-refractivity contribution >= 4 is 31.6 Å². The van der Waals surface area contributed by atoms with Gasteiger partial charge in [-0.05, 0) is 104 Å². The van der Waals surface area contributed by atoms with Crippen molar-refractivity contribution in [3.63, 3.8) is 0 Å². The normalized spacial score (nSPS) is 25.1. The predicted molar refractivity (Wildman–Crippen MR) is 173 cm³/mol. The number of halogens is 1. The lowest BCUT2D eigenvalue weighted by molar-refractivity contribution is -0.0731. The first kappa shape index (κ1) is 32.3. The minimum absolute atomic E-state index is 0.0192. The van der Waals surface area contributed by atoms with Gasteiger partial charge >= 0.3 is 5.97 Å². The molecule has 1 saturated carbocycles. The summed E-state index contributed by atoms with van der Waals surface area (Å²) in [6, 6.07) is 11.8. The molecule has 236 valence electrons. The zero-order valence-electron chi connectivity index (χ0n) is 26.5. The van der Waals surface area contributed by atoms with E-state index in [0.29, 0.717) is 12.2 Å². The number of carbonyl (C=O) groups is 1. The van der Waals surface area contributed by atoms with E-state index in [1.165, 1.54) is 18.2 Å². The minimum atomic E-state index is -2.21. The molecular formula is C34H48ClNO6Si. The maximum atomic E-state index is 12.6. The van der Waals surface area contributed by atoms with Gasteiger partial charge in [0.05, 0.1) is 37.7 Å². The highest BCUT2D eigenvalue weighted by Crippen LogP contribution is 2.48. The number of fused-ring (bicyclic) bond motifs is 3. The molecule has 0 bridgehead atoms. The lowest BCUT2D eigenvalue weighted by Gasteiger charge is -2.50. The Morgan fingerprint density at radius 3 is 2.63 bits per heavy atom. The highest BCUT2D eigenvalue weighted by molar-refractivity contribution is 6.74. The number of aryl methyl sites for hydroxylation is 1. The van der Waals surface area contributed by atoms with Crippen molar-refractivity contribution in [1.29, 1.82) is 0 Å². The molecule has 2 aromatic carbocycles. The van der Waals surface area contributed by atoms with Crippen LogP contribution < -0.4 is 9.64 Å². The Morgan fingerprint density at radius 1 is 1.21 bits per heavy atom. The van der Waals surface area contributed by atoms with Crippen molar-refractivity contribution in [3.05, 3.63) is 58.1 Å². The smallest absolute Gasteiger partial charge is 0.337 e. The number of nitrogens with zero attached hydrogens (tertiary/aromatic N) is 1. The summed E-state index contributed by atoms with van der Waals surface area (Å²) >= 11 is 6.42. The summed E-state index contributed by atoms with van der Waals surface area (Å²) in [5, 5.41) is 21.8. The van der Waals surface area contributed by atoms with Crippen molar-refractivity contribution in [2.45, 2.75) is 88.6 Å². The van der Waals surface area contributed by atoms with Crippen LogP contribution in [0.2, 0.25) is 23.2 Å². The van der Waals surface area contributed by atoms with E-state index in [0.717, 1.165) is 61.7 Å². The summed E-state index contributed by atoms with van der Waals surface area (Å²) in [6.45, 7) is 12.7. The summed E-state index contributed by atoms with van der Waals surface area (Å²) in [7, 11) is -0.809. The zero-order valence-corrected chi connectivity index (χ0v) is 28.2. The molecule has 3 aliphatic rings. The number of esters is 1. The van der Waals surface area contributed by atoms with E-state index in [2.05, 4.69) is 50.9 Å². The lowest BCUT2D eigenvalue weighted by Crippen LogP contribution is -2.55. The quantitative estimate of drug-likeness (QED) is 0.259. The summed E-state index contributed by atoms with van der Waals surface area (Å²) in [4.78, 5) is 15.0.